The first-order chi connectivity index (χ1) is 8.31. The quantitative estimate of drug-likeness (QED) is 0.811. The second-order valence-electron chi connectivity index (χ2n) is 3.77. The van der Waals surface area contributed by atoms with Gasteiger partial charge in [-0.2, -0.15) is 0 Å². The van der Waals surface area contributed by atoms with Crippen molar-refractivity contribution in [1.29, 1.82) is 0 Å². The van der Waals surface area contributed by atoms with E-state index in [0.29, 0.717) is 5.88 Å². The predicted octanol–water partition coefficient (Wildman–Crippen LogP) is 1.12. The van der Waals surface area contributed by atoms with Crippen molar-refractivity contribution in [3.8, 4) is 5.88 Å². The topological polar surface area (TPSA) is 62.8 Å². The molecule has 2 aromatic heterocycles. The lowest BCUT2D eigenvalue weighted by Crippen LogP contribution is -2.05. The van der Waals surface area contributed by atoms with E-state index >= 15 is 0 Å². The summed E-state index contributed by atoms with van der Waals surface area (Å²) in [6.45, 7) is 0.799. The number of pyridine rings is 1. The van der Waals surface area contributed by atoms with Crippen molar-refractivity contribution in [2.45, 2.75) is 13.0 Å². The SMILES string of the molecule is CNCc1cnc(Cc2ccc(OC)nc2)[nH]1. The molecule has 0 radical (unpaired) electrons. The number of nitrogens with one attached hydrogen (secondary N) is 2. The van der Waals surface area contributed by atoms with Gasteiger partial charge in [0.05, 0.1) is 7.11 Å². The first-order valence-electron chi connectivity index (χ1n) is 5.48. The first kappa shape index (κ1) is 11.6. The van der Waals surface area contributed by atoms with Crippen LogP contribution in [0.2, 0.25) is 0 Å². The van der Waals surface area contributed by atoms with Crippen molar-refractivity contribution in [3.05, 3.63) is 41.6 Å². The third-order valence-corrected chi connectivity index (χ3v) is 2.43. The highest BCUT2D eigenvalue weighted by molar-refractivity contribution is 5.21. The average Bonchev–Trinajstić information content (AvgIpc) is 2.78. The molecule has 0 aromatic carbocycles. The number of aromatic nitrogens is 3. The molecular weight excluding hydrogens is 216 g/mol. The standard InChI is InChI=1S/C12H16N4O/c1-13-7-10-8-14-11(16-10)5-9-3-4-12(17-2)15-6-9/h3-4,6,8,13H,5,7H2,1-2H3,(H,14,16). The molecule has 0 saturated carbocycles. The van der Waals surface area contributed by atoms with Gasteiger partial charge < -0.3 is 15.0 Å². The summed E-state index contributed by atoms with van der Waals surface area (Å²) in [6.07, 6.45) is 4.41. The van der Waals surface area contributed by atoms with Crippen LogP contribution in [0.25, 0.3) is 0 Å². The molecule has 5 nitrogen and oxygen atoms in total. The highest BCUT2D eigenvalue weighted by atomic mass is 16.5. The maximum atomic E-state index is 5.01. The van der Waals surface area contributed by atoms with E-state index < -0.39 is 0 Å². The number of ether oxygens (including phenoxy) is 1. The molecule has 0 saturated heterocycles. The Morgan fingerprint density at radius 3 is 2.82 bits per heavy atom. The number of aromatic amines is 1. The first-order valence-corrected chi connectivity index (χ1v) is 5.48. The molecule has 0 aliphatic heterocycles. The molecule has 2 rings (SSSR count). The lowest BCUT2D eigenvalue weighted by atomic mass is 10.2. The molecule has 0 unspecified atom stereocenters. The third-order valence-electron chi connectivity index (χ3n) is 2.43. The minimum atomic E-state index is 0.629. The molecule has 0 bridgehead atoms. The molecule has 90 valence electrons. The zero-order chi connectivity index (χ0) is 12.1. The monoisotopic (exact) mass is 232 g/mol. The van der Waals surface area contributed by atoms with E-state index in [4.69, 9.17) is 4.74 Å². The number of rotatable bonds is 5. The van der Waals surface area contributed by atoms with Crippen molar-refractivity contribution in [2.24, 2.45) is 0 Å². The molecule has 2 heterocycles. The molecule has 0 fully saturated rings. The van der Waals surface area contributed by atoms with Crippen LogP contribution in [0, 0.1) is 0 Å². The average molecular weight is 232 g/mol. The molecule has 0 atom stereocenters. The zero-order valence-corrected chi connectivity index (χ0v) is 10.0. The largest absolute Gasteiger partial charge is 0.481 e. The van der Waals surface area contributed by atoms with Crippen LogP contribution < -0.4 is 10.1 Å². The molecule has 5 heteroatoms. The molecule has 0 spiro atoms. The van der Waals surface area contributed by atoms with Gasteiger partial charge in [0.2, 0.25) is 5.88 Å². The fourth-order valence-electron chi connectivity index (χ4n) is 1.61. The van der Waals surface area contributed by atoms with Crippen LogP contribution in [-0.2, 0) is 13.0 Å². The van der Waals surface area contributed by atoms with Crippen molar-refractivity contribution in [2.75, 3.05) is 14.2 Å². The Morgan fingerprint density at radius 1 is 1.29 bits per heavy atom. The minimum absolute atomic E-state index is 0.629. The molecule has 0 amide bonds. The molecule has 2 N–H and O–H groups in total. The van der Waals surface area contributed by atoms with E-state index in [1.54, 1.807) is 13.3 Å². The van der Waals surface area contributed by atoms with E-state index in [1.165, 1.54) is 0 Å². The lowest BCUT2D eigenvalue weighted by Gasteiger charge is -2.00. The summed E-state index contributed by atoms with van der Waals surface area (Å²) >= 11 is 0. The van der Waals surface area contributed by atoms with Crippen LogP contribution in [0.1, 0.15) is 17.1 Å². The Kier molecular flexibility index (Phi) is 3.72. The zero-order valence-electron chi connectivity index (χ0n) is 10.0. The fraction of sp³-hybridized carbons (Fsp3) is 0.333. The van der Waals surface area contributed by atoms with Gasteiger partial charge in [0.25, 0.3) is 0 Å². The Hall–Kier alpha value is -1.88. The molecule has 2 aromatic rings. The summed E-state index contributed by atoms with van der Waals surface area (Å²) in [5.41, 5.74) is 2.19. The Balaban J connectivity index is 2.03. The Morgan fingerprint density at radius 2 is 2.18 bits per heavy atom. The Bertz CT molecular complexity index is 464. The second-order valence-corrected chi connectivity index (χ2v) is 3.77. The summed E-state index contributed by atoms with van der Waals surface area (Å²) < 4.78 is 5.01. The van der Waals surface area contributed by atoms with Gasteiger partial charge in [-0.1, -0.05) is 6.07 Å². The summed E-state index contributed by atoms with van der Waals surface area (Å²) in [7, 11) is 3.52. The number of methoxy groups -OCH3 is 1. The number of H-pyrrole nitrogens is 1. The summed E-state index contributed by atoms with van der Waals surface area (Å²) in [4.78, 5) is 11.7. The number of hydrogen-bond acceptors (Lipinski definition) is 4. The van der Waals surface area contributed by atoms with Crippen molar-refractivity contribution >= 4 is 0 Å². The number of imidazole rings is 1. The number of nitrogens with zero attached hydrogens (tertiary/aromatic N) is 2. The van der Waals surface area contributed by atoms with E-state index in [2.05, 4.69) is 20.3 Å². The summed E-state index contributed by atoms with van der Waals surface area (Å²) in [5, 5.41) is 3.08. The highest BCUT2D eigenvalue weighted by Gasteiger charge is 2.02. The van der Waals surface area contributed by atoms with Gasteiger partial charge in [-0.25, -0.2) is 9.97 Å². The molecule has 17 heavy (non-hydrogen) atoms. The minimum Gasteiger partial charge on any atom is -0.481 e. The fourth-order valence-corrected chi connectivity index (χ4v) is 1.61. The predicted molar refractivity (Wildman–Crippen MR) is 64.9 cm³/mol. The van der Waals surface area contributed by atoms with E-state index in [0.717, 1.165) is 30.0 Å². The van der Waals surface area contributed by atoms with Crippen LogP contribution in [-0.4, -0.2) is 29.1 Å². The van der Waals surface area contributed by atoms with Gasteiger partial charge in [0, 0.05) is 37.1 Å². The number of hydrogen-bond donors (Lipinski definition) is 2. The van der Waals surface area contributed by atoms with Gasteiger partial charge in [-0.15, -0.1) is 0 Å². The van der Waals surface area contributed by atoms with E-state index in [9.17, 15) is 0 Å². The highest BCUT2D eigenvalue weighted by Crippen LogP contribution is 2.10. The normalized spacial score (nSPS) is 10.5. The molecular formula is C12H16N4O. The van der Waals surface area contributed by atoms with Crippen LogP contribution in [0.3, 0.4) is 0 Å². The van der Waals surface area contributed by atoms with Crippen LogP contribution in [0.15, 0.2) is 24.5 Å². The molecule has 0 aliphatic carbocycles. The van der Waals surface area contributed by atoms with Crippen molar-refractivity contribution in [3.63, 3.8) is 0 Å². The van der Waals surface area contributed by atoms with E-state index in [1.807, 2.05) is 25.4 Å². The van der Waals surface area contributed by atoms with Gasteiger partial charge in [-0.05, 0) is 12.6 Å². The smallest absolute Gasteiger partial charge is 0.212 e. The van der Waals surface area contributed by atoms with Gasteiger partial charge in [-0.3, -0.25) is 0 Å². The maximum Gasteiger partial charge on any atom is 0.212 e. The van der Waals surface area contributed by atoms with Gasteiger partial charge in [0.15, 0.2) is 0 Å². The Labute approximate surface area is 100 Å². The third kappa shape index (κ3) is 3.04. The van der Waals surface area contributed by atoms with Crippen LogP contribution in [0.4, 0.5) is 0 Å². The summed E-state index contributed by atoms with van der Waals surface area (Å²) in [6, 6.07) is 3.85. The van der Waals surface area contributed by atoms with Crippen LogP contribution in [0.5, 0.6) is 5.88 Å². The van der Waals surface area contributed by atoms with Crippen molar-refractivity contribution in [1.82, 2.24) is 20.3 Å². The lowest BCUT2D eigenvalue weighted by molar-refractivity contribution is 0.397. The van der Waals surface area contributed by atoms with Gasteiger partial charge in [0.1, 0.15) is 5.82 Å². The second kappa shape index (κ2) is 5.45. The van der Waals surface area contributed by atoms with Crippen molar-refractivity contribution < 1.29 is 4.74 Å². The summed E-state index contributed by atoms with van der Waals surface area (Å²) in [5.74, 6) is 1.58. The molecule has 0 aliphatic rings. The van der Waals surface area contributed by atoms with Gasteiger partial charge >= 0.3 is 0 Å². The van der Waals surface area contributed by atoms with E-state index in [-0.39, 0.29) is 0 Å². The maximum absolute atomic E-state index is 5.01. The van der Waals surface area contributed by atoms with Crippen LogP contribution >= 0.6 is 0 Å².